The zero-order chi connectivity index (χ0) is 6.97. The first-order chi connectivity index (χ1) is 4.86. The van der Waals surface area contributed by atoms with Crippen molar-refractivity contribution in [1.29, 1.82) is 0 Å². The molecular formula is C8H8N2. The molecule has 0 spiro atoms. The molecule has 1 heterocycles. The lowest BCUT2D eigenvalue weighted by Crippen LogP contribution is -2.11. The normalized spacial score (nSPS) is 27.9. The average Bonchev–Trinajstić information content (AvgIpc) is 2.27. The van der Waals surface area contributed by atoms with Gasteiger partial charge in [0.25, 0.3) is 0 Å². The topological polar surface area (TPSA) is 24.7 Å². The molecule has 0 aromatic heterocycles. The van der Waals surface area contributed by atoms with Gasteiger partial charge in [-0.05, 0) is 13.0 Å². The summed E-state index contributed by atoms with van der Waals surface area (Å²) in [6.45, 7) is 1.92. The molecule has 0 fully saturated rings. The molecular weight excluding hydrogens is 124 g/mol. The Bertz CT molecular complexity index is 269. The Labute approximate surface area is 59.7 Å². The average molecular weight is 132 g/mol. The van der Waals surface area contributed by atoms with Crippen LogP contribution in [0.15, 0.2) is 34.3 Å². The summed E-state index contributed by atoms with van der Waals surface area (Å²) in [5, 5.41) is 0. The van der Waals surface area contributed by atoms with Gasteiger partial charge in [0.15, 0.2) is 0 Å². The van der Waals surface area contributed by atoms with E-state index < -0.39 is 0 Å². The fourth-order valence-electron chi connectivity index (χ4n) is 1.15. The molecule has 1 atom stereocenters. The molecule has 0 aromatic rings. The van der Waals surface area contributed by atoms with Gasteiger partial charge >= 0.3 is 0 Å². The van der Waals surface area contributed by atoms with Crippen LogP contribution < -0.4 is 0 Å². The van der Waals surface area contributed by atoms with Gasteiger partial charge in [0.1, 0.15) is 11.9 Å². The van der Waals surface area contributed by atoms with E-state index in [0.717, 1.165) is 11.5 Å². The lowest BCUT2D eigenvalue weighted by Gasteiger charge is -2.02. The van der Waals surface area contributed by atoms with E-state index >= 15 is 0 Å². The lowest BCUT2D eigenvalue weighted by molar-refractivity contribution is 1.11. The van der Waals surface area contributed by atoms with Crippen LogP contribution in [0.4, 0.5) is 0 Å². The number of nitrogens with zero attached hydrogens (tertiary/aromatic N) is 2. The number of rotatable bonds is 0. The highest BCUT2D eigenvalue weighted by atomic mass is 15.0. The monoisotopic (exact) mass is 132 g/mol. The second-order valence-corrected chi connectivity index (χ2v) is 2.40. The Morgan fingerprint density at radius 2 is 2.30 bits per heavy atom. The predicted octanol–water partition coefficient (Wildman–Crippen LogP) is 1.35. The van der Waals surface area contributed by atoms with E-state index in [1.165, 1.54) is 0 Å². The molecule has 0 saturated carbocycles. The molecule has 2 rings (SSSR count). The molecule has 0 N–H and O–H groups in total. The smallest absolute Gasteiger partial charge is 0.121 e. The molecule has 50 valence electrons. The summed E-state index contributed by atoms with van der Waals surface area (Å²) in [6, 6.07) is 0.213. The van der Waals surface area contributed by atoms with Crippen LogP contribution in [0.3, 0.4) is 0 Å². The summed E-state index contributed by atoms with van der Waals surface area (Å²) in [5.74, 6) is 0.885. The molecule has 0 radical (unpaired) electrons. The van der Waals surface area contributed by atoms with Gasteiger partial charge in [0.05, 0.1) is 5.71 Å². The molecule has 0 bridgehead atoms. The van der Waals surface area contributed by atoms with Crippen LogP contribution in [0.2, 0.25) is 0 Å². The van der Waals surface area contributed by atoms with E-state index in [1.807, 2.05) is 25.2 Å². The van der Waals surface area contributed by atoms with Crippen molar-refractivity contribution in [2.24, 2.45) is 9.98 Å². The maximum absolute atomic E-state index is 4.29. The molecule has 1 unspecified atom stereocenters. The van der Waals surface area contributed by atoms with Gasteiger partial charge in [0.2, 0.25) is 0 Å². The standard InChI is InChI=1S/C8H8N2/c1-6-9-7-4-2-3-5-8(7)10-6/h2-5,7H,1H3. The molecule has 0 aromatic carbocycles. The van der Waals surface area contributed by atoms with Crippen molar-refractivity contribution in [3.05, 3.63) is 24.3 Å². The number of allylic oxidation sites excluding steroid dienone is 2. The zero-order valence-electron chi connectivity index (χ0n) is 5.78. The molecule has 0 amide bonds. The third-order valence-corrected chi connectivity index (χ3v) is 1.59. The first kappa shape index (κ1) is 5.59. The van der Waals surface area contributed by atoms with Crippen LogP contribution in [0.1, 0.15) is 6.92 Å². The van der Waals surface area contributed by atoms with Gasteiger partial charge < -0.3 is 0 Å². The summed E-state index contributed by atoms with van der Waals surface area (Å²) >= 11 is 0. The van der Waals surface area contributed by atoms with Gasteiger partial charge in [-0.15, -0.1) is 0 Å². The number of hydrogen-bond acceptors (Lipinski definition) is 2. The van der Waals surface area contributed by atoms with Crippen molar-refractivity contribution in [3.8, 4) is 0 Å². The second kappa shape index (κ2) is 1.90. The molecule has 1 aliphatic heterocycles. The Morgan fingerprint density at radius 1 is 1.40 bits per heavy atom. The van der Waals surface area contributed by atoms with E-state index in [-0.39, 0.29) is 6.04 Å². The van der Waals surface area contributed by atoms with Crippen molar-refractivity contribution in [2.75, 3.05) is 0 Å². The maximum atomic E-state index is 4.29. The van der Waals surface area contributed by atoms with E-state index in [4.69, 9.17) is 0 Å². The second-order valence-electron chi connectivity index (χ2n) is 2.40. The Hall–Kier alpha value is -1.18. The minimum Gasteiger partial charge on any atom is -0.257 e. The van der Waals surface area contributed by atoms with E-state index in [2.05, 4.69) is 16.1 Å². The first-order valence-corrected chi connectivity index (χ1v) is 3.34. The Balaban J connectivity index is 2.40. The quantitative estimate of drug-likeness (QED) is 0.475. The minimum absolute atomic E-state index is 0.213. The predicted molar refractivity (Wildman–Crippen MR) is 42.6 cm³/mol. The van der Waals surface area contributed by atoms with Gasteiger partial charge in [0, 0.05) is 0 Å². The van der Waals surface area contributed by atoms with Gasteiger partial charge in [-0.3, -0.25) is 4.99 Å². The lowest BCUT2D eigenvalue weighted by atomic mass is 10.1. The summed E-state index contributed by atoms with van der Waals surface area (Å²) in [7, 11) is 0. The molecule has 2 aliphatic rings. The van der Waals surface area contributed by atoms with Gasteiger partial charge in [-0.2, -0.15) is 0 Å². The Kier molecular flexibility index (Phi) is 1.07. The summed E-state index contributed by atoms with van der Waals surface area (Å²) in [4.78, 5) is 8.52. The van der Waals surface area contributed by atoms with Crippen LogP contribution in [0, 0.1) is 0 Å². The minimum atomic E-state index is 0.213. The molecule has 0 saturated heterocycles. The van der Waals surface area contributed by atoms with Crippen LogP contribution in [-0.2, 0) is 0 Å². The number of fused-ring (bicyclic) bond motifs is 1. The summed E-state index contributed by atoms with van der Waals surface area (Å²) in [6.07, 6.45) is 8.05. The third kappa shape index (κ3) is 0.727. The zero-order valence-corrected chi connectivity index (χ0v) is 5.78. The van der Waals surface area contributed by atoms with E-state index in [0.29, 0.717) is 0 Å². The van der Waals surface area contributed by atoms with Crippen molar-refractivity contribution in [1.82, 2.24) is 0 Å². The first-order valence-electron chi connectivity index (χ1n) is 3.34. The molecule has 2 nitrogen and oxygen atoms in total. The van der Waals surface area contributed by atoms with Gasteiger partial charge in [-0.1, -0.05) is 18.2 Å². The Morgan fingerprint density at radius 3 is 3.10 bits per heavy atom. The van der Waals surface area contributed by atoms with Crippen molar-refractivity contribution in [3.63, 3.8) is 0 Å². The number of hydrogen-bond donors (Lipinski definition) is 0. The van der Waals surface area contributed by atoms with E-state index in [9.17, 15) is 0 Å². The molecule has 10 heavy (non-hydrogen) atoms. The molecule has 1 aliphatic carbocycles. The van der Waals surface area contributed by atoms with Crippen molar-refractivity contribution < 1.29 is 0 Å². The molecule has 2 heteroatoms. The van der Waals surface area contributed by atoms with E-state index in [1.54, 1.807) is 0 Å². The highest BCUT2D eigenvalue weighted by Crippen LogP contribution is 2.11. The van der Waals surface area contributed by atoms with Crippen LogP contribution >= 0.6 is 0 Å². The summed E-state index contributed by atoms with van der Waals surface area (Å²) in [5.41, 5.74) is 1.07. The number of aliphatic imine (C=N–C) groups is 2. The summed E-state index contributed by atoms with van der Waals surface area (Å²) < 4.78 is 0. The number of amidine groups is 1. The van der Waals surface area contributed by atoms with Crippen LogP contribution in [-0.4, -0.2) is 17.6 Å². The largest absolute Gasteiger partial charge is 0.257 e. The van der Waals surface area contributed by atoms with Gasteiger partial charge in [-0.25, -0.2) is 4.99 Å². The fraction of sp³-hybridized carbons (Fsp3) is 0.250. The van der Waals surface area contributed by atoms with Crippen LogP contribution in [0.25, 0.3) is 0 Å². The fourth-order valence-corrected chi connectivity index (χ4v) is 1.15. The maximum Gasteiger partial charge on any atom is 0.121 e. The SMILES string of the molecule is CC1=NC2C=CC=CC2=N1. The van der Waals surface area contributed by atoms with Crippen LogP contribution in [0.5, 0.6) is 0 Å². The highest BCUT2D eigenvalue weighted by molar-refractivity contribution is 6.12. The highest BCUT2D eigenvalue weighted by Gasteiger charge is 2.16. The van der Waals surface area contributed by atoms with Crippen molar-refractivity contribution in [2.45, 2.75) is 13.0 Å². The van der Waals surface area contributed by atoms with Crippen molar-refractivity contribution >= 4 is 11.5 Å². The third-order valence-electron chi connectivity index (χ3n) is 1.59.